The van der Waals surface area contributed by atoms with Crippen molar-refractivity contribution in [3.05, 3.63) is 29.0 Å². The molecule has 3 N–H and O–H groups in total. The average molecular weight is 257 g/mol. The molecule has 5 nitrogen and oxygen atoms in total. The minimum Gasteiger partial charge on any atom is -0.409 e. The van der Waals surface area contributed by atoms with Gasteiger partial charge in [0.15, 0.2) is 5.84 Å². The van der Waals surface area contributed by atoms with Crippen LogP contribution >= 0.6 is 11.6 Å². The summed E-state index contributed by atoms with van der Waals surface area (Å²) in [4.78, 5) is 6.00. The highest BCUT2D eigenvalue weighted by atomic mass is 35.5. The maximum Gasteiger partial charge on any atom is 0.153 e. The van der Waals surface area contributed by atoms with Crippen molar-refractivity contribution in [1.82, 2.24) is 9.88 Å². The third kappa shape index (κ3) is 4.58. The number of rotatable bonds is 6. The number of pyridine rings is 1. The summed E-state index contributed by atoms with van der Waals surface area (Å²) < 4.78 is 0. The van der Waals surface area contributed by atoms with Gasteiger partial charge >= 0.3 is 0 Å². The molecule has 1 aromatic heterocycles. The molecule has 0 spiro atoms. The first-order valence-corrected chi connectivity index (χ1v) is 5.82. The van der Waals surface area contributed by atoms with E-state index in [0.29, 0.717) is 18.1 Å². The Morgan fingerprint density at radius 1 is 1.65 bits per heavy atom. The van der Waals surface area contributed by atoms with Crippen LogP contribution in [0.15, 0.2) is 23.6 Å². The second kappa shape index (κ2) is 7.09. The van der Waals surface area contributed by atoms with E-state index in [1.165, 1.54) is 0 Å². The number of halogens is 1. The van der Waals surface area contributed by atoms with Crippen molar-refractivity contribution < 1.29 is 5.21 Å². The van der Waals surface area contributed by atoms with Gasteiger partial charge in [-0.2, -0.15) is 0 Å². The Kier molecular flexibility index (Phi) is 5.72. The third-order valence-corrected chi connectivity index (χ3v) is 2.64. The van der Waals surface area contributed by atoms with Gasteiger partial charge in [-0.1, -0.05) is 23.7 Å². The molecule has 0 radical (unpaired) electrons. The van der Waals surface area contributed by atoms with Crippen molar-refractivity contribution in [1.29, 1.82) is 0 Å². The minimum absolute atomic E-state index is 0.198. The maximum absolute atomic E-state index is 8.57. The molecule has 0 aliphatic heterocycles. The normalized spacial score (nSPS) is 12.1. The van der Waals surface area contributed by atoms with E-state index in [0.717, 1.165) is 18.5 Å². The van der Waals surface area contributed by atoms with Gasteiger partial charge in [0.1, 0.15) is 0 Å². The number of amidine groups is 1. The molecule has 0 aliphatic carbocycles. The molecule has 0 atom stereocenters. The van der Waals surface area contributed by atoms with Crippen molar-refractivity contribution in [2.45, 2.75) is 19.9 Å². The van der Waals surface area contributed by atoms with E-state index in [4.69, 9.17) is 22.5 Å². The topological polar surface area (TPSA) is 74.7 Å². The first-order valence-electron chi connectivity index (χ1n) is 5.44. The minimum atomic E-state index is 0.198. The molecule has 0 fully saturated rings. The molecule has 1 aromatic rings. The SMILES string of the molecule is CCCN(CC(N)=NO)Cc1ccncc1Cl. The van der Waals surface area contributed by atoms with E-state index >= 15 is 0 Å². The van der Waals surface area contributed by atoms with Crippen LogP contribution in [0.1, 0.15) is 18.9 Å². The monoisotopic (exact) mass is 256 g/mol. The summed E-state index contributed by atoms with van der Waals surface area (Å²) in [6.45, 7) is 4.01. The molecule has 6 heteroatoms. The summed E-state index contributed by atoms with van der Waals surface area (Å²) in [5.41, 5.74) is 6.50. The molecule has 0 saturated heterocycles. The highest BCUT2D eigenvalue weighted by Gasteiger charge is 2.09. The van der Waals surface area contributed by atoms with Crippen molar-refractivity contribution >= 4 is 17.4 Å². The zero-order chi connectivity index (χ0) is 12.7. The second-order valence-corrected chi connectivity index (χ2v) is 4.18. The summed E-state index contributed by atoms with van der Waals surface area (Å²) in [5.74, 6) is 0.198. The van der Waals surface area contributed by atoms with Gasteiger partial charge in [-0.25, -0.2) is 0 Å². The molecule has 0 aliphatic rings. The van der Waals surface area contributed by atoms with Crippen LogP contribution in [0.5, 0.6) is 0 Å². The summed E-state index contributed by atoms with van der Waals surface area (Å²) in [6.07, 6.45) is 4.31. The molecule has 1 rings (SSSR count). The smallest absolute Gasteiger partial charge is 0.153 e. The quantitative estimate of drug-likeness (QED) is 0.352. The van der Waals surface area contributed by atoms with Gasteiger partial charge in [0.25, 0.3) is 0 Å². The Morgan fingerprint density at radius 2 is 2.41 bits per heavy atom. The number of aromatic nitrogens is 1. The summed E-state index contributed by atoms with van der Waals surface area (Å²) >= 11 is 6.04. The van der Waals surface area contributed by atoms with Crippen molar-refractivity contribution in [3.8, 4) is 0 Å². The van der Waals surface area contributed by atoms with Gasteiger partial charge in [0.2, 0.25) is 0 Å². The summed E-state index contributed by atoms with van der Waals surface area (Å²) in [5, 5.41) is 12.2. The first-order chi connectivity index (χ1) is 8.17. The van der Waals surface area contributed by atoms with Crippen molar-refractivity contribution in [3.63, 3.8) is 0 Å². The van der Waals surface area contributed by atoms with Crippen LogP contribution in [0.2, 0.25) is 5.02 Å². The van der Waals surface area contributed by atoms with Crippen LogP contribution in [-0.4, -0.2) is 34.0 Å². The third-order valence-electron chi connectivity index (χ3n) is 2.30. The lowest BCUT2D eigenvalue weighted by atomic mass is 10.2. The fourth-order valence-corrected chi connectivity index (χ4v) is 1.74. The Balaban J connectivity index is 2.69. The number of hydrogen-bond acceptors (Lipinski definition) is 4. The molecule has 17 heavy (non-hydrogen) atoms. The van der Waals surface area contributed by atoms with E-state index < -0.39 is 0 Å². The fourth-order valence-electron chi connectivity index (χ4n) is 1.56. The predicted octanol–water partition coefficient (Wildman–Crippen LogP) is 1.69. The lowest BCUT2D eigenvalue weighted by molar-refractivity contribution is 0.286. The molecule has 0 unspecified atom stereocenters. The fraction of sp³-hybridized carbons (Fsp3) is 0.455. The first kappa shape index (κ1) is 13.7. The van der Waals surface area contributed by atoms with Crippen molar-refractivity contribution in [2.24, 2.45) is 10.9 Å². The second-order valence-electron chi connectivity index (χ2n) is 3.77. The molecule has 0 bridgehead atoms. The molecule has 94 valence electrons. The van der Waals surface area contributed by atoms with Crippen LogP contribution < -0.4 is 5.73 Å². The standard InChI is InChI=1S/C11H17ClN4O/c1-2-5-16(8-11(13)15-17)7-9-3-4-14-6-10(9)12/h3-4,6,17H,2,5,7-8H2,1H3,(H2,13,15). The van der Waals surface area contributed by atoms with Gasteiger partial charge < -0.3 is 10.9 Å². The van der Waals surface area contributed by atoms with Crippen LogP contribution in [0.3, 0.4) is 0 Å². The molecule has 0 amide bonds. The molecular formula is C11H17ClN4O. The number of nitrogens with zero attached hydrogens (tertiary/aromatic N) is 3. The van der Waals surface area contributed by atoms with E-state index in [2.05, 4.69) is 22.0 Å². The average Bonchev–Trinajstić information content (AvgIpc) is 2.32. The van der Waals surface area contributed by atoms with Gasteiger partial charge in [-0.05, 0) is 24.6 Å². The molecule has 1 heterocycles. The van der Waals surface area contributed by atoms with Gasteiger partial charge in [-0.3, -0.25) is 9.88 Å². The largest absolute Gasteiger partial charge is 0.409 e. The maximum atomic E-state index is 8.57. The van der Waals surface area contributed by atoms with Crippen LogP contribution in [-0.2, 0) is 6.54 Å². The Labute approximate surface area is 106 Å². The van der Waals surface area contributed by atoms with E-state index in [-0.39, 0.29) is 5.84 Å². The Morgan fingerprint density at radius 3 is 3.00 bits per heavy atom. The molecule has 0 saturated carbocycles. The van der Waals surface area contributed by atoms with E-state index in [9.17, 15) is 0 Å². The van der Waals surface area contributed by atoms with E-state index in [1.54, 1.807) is 12.4 Å². The lowest BCUT2D eigenvalue weighted by Crippen LogP contribution is -2.34. The number of oxime groups is 1. The Bertz CT molecular complexity index is 383. The predicted molar refractivity (Wildman–Crippen MR) is 68.2 cm³/mol. The van der Waals surface area contributed by atoms with E-state index in [1.807, 2.05) is 6.07 Å². The van der Waals surface area contributed by atoms with Crippen LogP contribution in [0, 0.1) is 0 Å². The number of hydrogen-bond donors (Lipinski definition) is 2. The van der Waals surface area contributed by atoms with Gasteiger partial charge in [-0.15, -0.1) is 0 Å². The lowest BCUT2D eigenvalue weighted by Gasteiger charge is -2.21. The van der Waals surface area contributed by atoms with Gasteiger partial charge in [0.05, 0.1) is 11.6 Å². The molecular weight excluding hydrogens is 240 g/mol. The van der Waals surface area contributed by atoms with Crippen LogP contribution in [0.25, 0.3) is 0 Å². The Hall–Kier alpha value is -1.33. The highest BCUT2D eigenvalue weighted by Crippen LogP contribution is 2.15. The summed E-state index contributed by atoms with van der Waals surface area (Å²) in [6, 6.07) is 1.87. The van der Waals surface area contributed by atoms with Gasteiger partial charge in [0, 0.05) is 18.9 Å². The zero-order valence-electron chi connectivity index (χ0n) is 9.80. The summed E-state index contributed by atoms with van der Waals surface area (Å²) in [7, 11) is 0. The molecule has 0 aromatic carbocycles. The number of nitrogens with two attached hydrogens (primary N) is 1. The van der Waals surface area contributed by atoms with Crippen molar-refractivity contribution in [2.75, 3.05) is 13.1 Å². The van der Waals surface area contributed by atoms with Crippen LogP contribution in [0.4, 0.5) is 0 Å². The highest BCUT2D eigenvalue weighted by molar-refractivity contribution is 6.31. The zero-order valence-corrected chi connectivity index (χ0v) is 10.6.